The molecule has 0 aliphatic carbocycles. The zero-order chi connectivity index (χ0) is 12.2. The van der Waals surface area contributed by atoms with E-state index in [-0.39, 0.29) is 34.1 Å². The second-order valence-corrected chi connectivity index (χ2v) is 2.94. The van der Waals surface area contributed by atoms with Gasteiger partial charge in [0.1, 0.15) is 0 Å². The molecule has 0 saturated carbocycles. The minimum atomic E-state index is -5.84. The first-order valence-corrected chi connectivity index (χ1v) is 3.83. The van der Waals surface area contributed by atoms with Crippen LogP contribution in [0, 0.1) is 0 Å². The topological polar surface area (TPSA) is 129 Å². The van der Waals surface area contributed by atoms with Crippen LogP contribution < -0.4 is 0 Å². The number of carboxylic acids is 2. The Bertz CT molecular complexity index is 310. The third kappa shape index (κ3) is 13.7. The van der Waals surface area contributed by atoms with Crippen LogP contribution in [-0.2, 0) is 53.8 Å². The Morgan fingerprint density at radius 1 is 0.938 bits per heavy atom. The van der Waals surface area contributed by atoms with E-state index in [9.17, 15) is 13.2 Å². The summed E-state index contributed by atoms with van der Waals surface area (Å²) in [7, 11) is -5.84. The first-order chi connectivity index (χ1) is 5.89. The van der Waals surface area contributed by atoms with Crippen molar-refractivity contribution in [3.8, 4) is 0 Å². The number of alkyl halides is 3. The van der Waals surface area contributed by atoms with E-state index in [2.05, 4.69) is 0 Å². The van der Waals surface area contributed by atoms with Crippen LogP contribution in [0.25, 0.3) is 0 Å². The minimum absolute atomic E-state index is 0. The number of rotatable bonds is 0. The van der Waals surface area contributed by atoms with Crippen LogP contribution in [0.2, 0.25) is 0 Å². The Balaban J connectivity index is -0.0000000825. The van der Waals surface area contributed by atoms with Gasteiger partial charge >= 0.3 is 27.6 Å². The normalized spacial score (nSPS) is 9.75. The van der Waals surface area contributed by atoms with Crippen LogP contribution in [0.1, 0.15) is 0 Å². The summed E-state index contributed by atoms with van der Waals surface area (Å²) in [5, 5.41) is 14.8. The monoisotopic (exact) mass is 366 g/mol. The van der Waals surface area contributed by atoms with E-state index < -0.39 is 27.6 Å². The Morgan fingerprint density at radius 2 is 1.06 bits per heavy atom. The van der Waals surface area contributed by atoms with Crippen molar-refractivity contribution in [3.63, 3.8) is 0 Å². The molecule has 0 aromatic rings. The molecule has 0 heterocycles. The molecule has 16 heavy (non-hydrogen) atoms. The predicted molar refractivity (Wildman–Crippen MR) is 32.9 cm³/mol. The van der Waals surface area contributed by atoms with E-state index in [1.807, 2.05) is 0 Å². The molecule has 0 fully saturated rings. The maximum Gasteiger partial charge on any atom is 0.522 e. The molecule has 13 heteroatoms. The summed E-state index contributed by atoms with van der Waals surface area (Å²) in [6.07, 6.45) is 0. The van der Waals surface area contributed by atoms with Gasteiger partial charge in [-0.1, -0.05) is 0 Å². The van der Waals surface area contributed by atoms with Crippen molar-refractivity contribution in [2.24, 2.45) is 0 Å². The maximum atomic E-state index is 10.7. The van der Waals surface area contributed by atoms with Gasteiger partial charge in [0.05, 0.1) is 0 Å². The molecule has 7 nitrogen and oxygen atoms in total. The molecule has 106 valence electrons. The minimum Gasteiger partial charge on any atom is -0.473 e. The van der Waals surface area contributed by atoms with Crippen LogP contribution in [0.15, 0.2) is 0 Å². The van der Waals surface area contributed by atoms with Gasteiger partial charge in [-0.3, -0.25) is 4.55 Å². The summed E-state index contributed by atoms with van der Waals surface area (Å²) in [5.74, 6) is -3.65. The third-order valence-electron chi connectivity index (χ3n) is 0.475. The average Bonchev–Trinajstić information content (AvgIpc) is 1.83. The van der Waals surface area contributed by atoms with Gasteiger partial charge in [0.25, 0.3) is 0 Å². The zero-order valence-electron chi connectivity index (χ0n) is 6.62. The van der Waals surface area contributed by atoms with E-state index in [1.165, 1.54) is 0 Å². The number of hydrogen-bond donors (Lipinski definition) is 3. The third-order valence-corrected chi connectivity index (χ3v) is 1.06. The predicted octanol–water partition coefficient (Wildman–Crippen LogP) is -0.455. The maximum absolute atomic E-state index is 10.7. The molecule has 0 rings (SSSR count). The summed E-state index contributed by atoms with van der Waals surface area (Å²) in [4.78, 5) is 18.2. The van der Waals surface area contributed by atoms with Crippen molar-refractivity contribution in [2.45, 2.75) is 5.51 Å². The van der Waals surface area contributed by atoms with Gasteiger partial charge in [-0.15, -0.1) is 0 Å². The van der Waals surface area contributed by atoms with E-state index in [4.69, 9.17) is 32.8 Å². The summed E-state index contributed by atoms with van der Waals surface area (Å²) in [6, 6.07) is 0. The first kappa shape index (κ1) is 24.8. The molecule has 0 aliphatic heterocycles. The Hall–Kier alpha value is -0.321. The van der Waals surface area contributed by atoms with Gasteiger partial charge < -0.3 is 10.2 Å². The standard InChI is InChI=1S/C2H2O4.CHF3O3S.2Cu/c3-1(4)2(5)6;2-1(3,4)8(5,6)7;;/h(H,3,4)(H,5,6);(H,5,6,7);;. The quantitative estimate of drug-likeness (QED) is 0.229. The fourth-order valence-corrected chi connectivity index (χ4v) is 0. The van der Waals surface area contributed by atoms with Gasteiger partial charge in [-0.2, -0.15) is 21.6 Å². The summed E-state index contributed by atoms with van der Waals surface area (Å²) >= 11 is 0. The van der Waals surface area contributed by atoms with Gasteiger partial charge in [-0.25, -0.2) is 9.59 Å². The molecule has 2 radical (unpaired) electrons. The smallest absolute Gasteiger partial charge is 0.473 e. The number of carboxylic acid groups (broad SMARTS) is 2. The fourth-order valence-electron chi connectivity index (χ4n) is 0. The first-order valence-electron chi connectivity index (χ1n) is 2.39. The van der Waals surface area contributed by atoms with E-state index in [0.29, 0.717) is 0 Å². The molecule has 0 spiro atoms. The molecular weight excluding hydrogens is 364 g/mol. The molecule has 0 amide bonds. The average molecular weight is 367 g/mol. The van der Waals surface area contributed by atoms with Crippen molar-refractivity contribution in [1.29, 1.82) is 0 Å². The molecule has 0 atom stereocenters. The molecule has 0 unspecified atom stereocenters. The van der Waals surface area contributed by atoms with Gasteiger partial charge in [0.2, 0.25) is 0 Å². The fraction of sp³-hybridized carbons (Fsp3) is 0.333. The van der Waals surface area contributed by atoms with Crippen LogP contribution in [0.5, 0.6) is 0 Å². The Morgan fingerprint density at radius 3 is 1.06 bits per heavy atom. The summed E-state index contributed by atoms with van der Waals surface area (Å²) in [5.41, 5.74) is -5.53. The molecular formula is C3H3Cu2F3O7S. The molecule has 0 saturated heterocycles. The van der Waals surface area contributed by atoms with Crippen molar-refractivity contribution in [1.82, 2.24) is 0 Å². The van der Waals surface area contributed by atoms with Crippen molar-refractivity contribution in [2.75, 3.05) is 0 Å². The second kappa shape index (κ2) is 8.79. The van der Waals surface area contributed by atoms with Crippen LogP contribution >= 0.6 is 0 Å². The number of hydrogen-bond acceptors (Lipinski definition) is 4. The van der Waals surface area contributed by atoms with Crippen molar-refractivity contribution < 1.29 is 80.1 Å². The van der Waals surface area contributed by atoms with Crippen molar-refractivity contribution in [3.05, 3.63) is 0 Å². The summed E-state index contributed by atoms with van der Waals surface area (Å²) in [6.45, 7) is 0. The molecule has 0 aromatic heterocycles. The molecule has 3 N–H and O–H groups in total. The van der Waals surface area contributed by atoms with Gasteiger partial charge in [-0.05, 0) is 0 Å². The van der Waals surface area contributed by atoms with E-state index in [1.54, 1.807) is 0 Å². The number of carbonyl (C=O) groups is 2. The van der Waals surface area contributed by atoms with Gasteiger partial charge in [0, 0.05) is 34.1 Å². The second-order valence-electron chi connectivity index (χ2n) is 1.53. The van der Waals surface area contributed by atoms with Crippen LogP contribution in [-0.4, -0.2) is 40.6 Å². The van der Waals surface area contributed by atoms with E-state index in [0.717, 1.165) is 0 Å². The zero-order valence-corrected chi connectivity index (χ0v) is 9.32. The number of halogens is 3. The number of aliphatic carboxylic acids is 2. The van der Waals surface area contributed by atoms with Gasteiger partial charge in [0.15, 0.2) is 0 Å². The van der Waals surface area contributed by atoms with E-state index >= 15 is 0 Å². The summed E-state index contributed by atoms with van der Waals surface area (Å²) < 4.78 is 57.5. The molecule has 0 aromatic carbocycles. The van der Waals surface area contributed by atoms with Crippen LogP contribution in [0.4, 0.5) is 13.2 Å². The van der Waals surface area contributed by atoms with Crippen LogP contribution in [0.3, 0.4) is 0 Å². The Labute approximate surface area is 108 Å². The largest absolute Gasteiger partial charge is 0.522 e. The molecule has 0 aliphatic rings. The van der Waals surface area contributed by atoms with Crippen molar-refractivity contribution >= 4 is 22.1 Å². The SMILES string of the molecule is O=C(O)C(=O)O.O=S(=O)(O)C(F)(F)F.[Cu].[Cu]. The Kier molecular flexibility index (Phi) is 13.6. The molecule has 0 bridgehead atoms.